The van der Waals surface area contributed by atoms with Crippen molar-refractivity contribution in [2.75, 3.05) is 26.4 Å². The number of pyridine rings is 2. The zero-order valence-electron chi connectivity index (χ0n) is 18.5. The number of halogens is 1. The molecule has 1 aromatic carbocycles. The second kappa shape index (κ2) is 7.62. The van der Waals surface area contributed by atoms with E-state index >= 15 is 0 Å². The van der Waals surface area contributed by atoms with Crippen LogP contribution in [0.15, 0.2) is 53.8 Å². The summed E-state index contributed by atoms with van der Waals surface area (Å²) in [6.45, 7) is 3.76. The van der Waals surface area contributed by atoms with Crippen LogP contribution in [0.4, 0.5) is 4.39 Å². The average molecular weight is 456 g/mol. The van der Waals surface area contributed by atoms with Crippen molar-refractivity contribution in [1.82, 2.24) is 9.97 Å². The van der Waals surface area contributed by atoms with E-state index in [1.807, 2.05) is 12.1 Å². The van der Waals surface area contributed by atoms with Gasteiger partial charge in [-0.3, -0.25) is 4.99 Å². The minimum Gasteiger partial charge on any atom is -0.438 e. The van der Waals surface area contributed by atoms with Crippen LogP contribution in [0.2, 0.25) is 0 Å². The van der Waals surface area contributed by atoms with Gasteiger partial charge in [0.1, 0.15) is 23.7 Å². The van der Waals surface area contributed by atoms with Crippen molar-refractivity contribution in [1.29, 1.82) is 0 Å². The Morgan fingerprint density at radius 1 is 1.06 bits per heavy atom. The molecule has 0 bridgehead atoms. The summed E-state index contributed by atoms with van der Waals surface area (Å²) >= 11 is 0. The maximum Gasteiger partial charge on any atom is 0.225 e. The molecule has 1 spiro atoms. The molecule has 8 heteroatoms. The predicted molar refractivity (Wildman–Crippen MR) is 123 cm³/mol. The number of aliphatic imine (C=N–C) groups is 1. The van der Waals surface area contributed by atoms with E-state index in [1.54, 1.807) is 30.5 Å². The fraction of sp³-hybridized carbons (Fsp3) is 0.269. The summed E-state index contributed by atoms with van der Waals surface area (Å²) in [6, 6.07) is 10.7. The topological polar surface area (TPSA) is 91.9 Å². The lowest BCUT2D eigenvalue weighted by molar-refractivity contribution is -0.0648. The highest BCUT2D eigenvalue weighted by atomic mass is 19.1. The molecule has 6 rings (SSSR count). The molecule has 2 N–H and O–H groups in total. The Morgan fingerprint density at radius 3 is 2.71 bits per heavy atom. The highest BCUT2D eigenvalue weighted by molar-refractivity contribution is 5.84. The molecule has 3 aliphatic rings. The number of fused-ring (bicyclic) bond motifs is 4. The quantitative estimate of drug-likeness (QED) is 0.446. The monoisotopic (exact) mass is 456 g/mol. The third kappa shape index (κ3) is 3.33. The van der Waals surface area contributed by atoms with E-state index in [2.05, 4.69) is 28.7 Å². The zero-order valence-corrected chi connectivity index (χ0v) is 18.5. The lowest BCUT2D eigenvalue weighted by atomic mass is 9.80. The van der Waals surface area contributed by atoms with Crippen LogP contribution >= 0.6 is 0 Å². The SMILES string of the molecule is CC1(C#Cc2cnc3c(c2)[C@]2(COCC(N)=N2)c2cc(-c4cccnc4F)ccc2O3)COC1. The van der Waals surface area contributed by atoms with Crippen LogP contribution in [-0.2, 0) is 15.0 Å². The molecule has 0 unspecified atom stereocenters. The minimum absolute atomic E-state index is 0.157. The van der Waals surface area contributed by atoms with E-state index in [0.29, 0.717) is 47.4 Å². The molecular weight excluding hydrogens is 435 g/mol. The summed E-state index contributed by atoms with van der Waals surface area (Å²) in [4.78, 5) is 13.2. The van der Waals surface area contributed by atoms with Gasteiger partial charge in [-0.1, -0.05) is 17.9 Å². The molecule has 1 saturated heterocycles. The first-order valence-corrected chi connectivity index (χ1v) is 10.9. The van der Waals surface area contributed by atoms with Crippen LogP contribution in [-0.4, -0.2) is 42.2 Å². The molecule has 0 radical (unpaired) electrons. The Balaban J connectivity index is 1.52. The molecule has 0 amide bonds. The second-order valence-electron chi connectivity index (χ2n) is 8.99. The van der Waals surface area contributed by atoms with Gasteiger partial charge >= 0.3 is 0 Å². The van der Waals surface area contributed by atoms with Crippen molar-refractivity contribution in [2.45, 2.75) is 12.5 Å². The van der Waals surface area contributed by atoms with E-state index in [4.69, 9.17) is 24.9 Å². The van der Waals surface area contributed by atoms with Crippen molar-refractivity contribution in [3.8, 4) is 34.6 Å². The van der Waals surface area contributed by atoms with Crippen molar-refractivity contribution >= 4 is 5.84 Å². The Morgan fingerprint density at radius 2 is 1.94 bits per heavy atom. The second-order valence-corrected chi connectivity index (χ2v) is 8.99. The fourth-order valence-corrected chi connectivity index (χ4v) is 4.45. The molecule has 1 fully saturated rings. The Bertz CT molecular complexity index is 1410. The predicted octanol–water partition coefficient (Wildman–Crippen LogP) is 3.41. The first kappa shape index (κ1) is 20.8. The average Bonchev–Trinajstić information content (AvgIpc) is 2.82. The van der Waals surface area contributed by atoms with Crippen molar-refractivity contribution in [3.63, 3.8) is 0 Å². The van der Waals surface area contributed by atoms with E-state index in [9.17, 15) is 4.39 Å². The standard InChI is InChI=1S/C26H21FN4O3/c1-25(13-33-14-25)7-6-16-9-20-24(30-11-16)34-21-5-4-17(18-3-2-8-29-23(18)27)10-19(21)26(20)15-32-12-22(28)31-26/h2-5,8-11H,12-15H2,1H3,(H2,28,31)/t26-/m0/s1. The van der Waals surface area contributed by atoms with Crippen LogP contribution in [0.25, 0.3) is 11.1 Å². The molecule has 3 aromatic rings. The number of rotatable bonds is 1. The number of nitrogens with two attached hydrogens (primary N) is 1. The number of hydrogen-bond acceptors (Lipinski definition) is 7. The molecule has 170 valence electrons. The van der Waals surface area contributed by atoms with Crippen LogP contribution in [0.3, 0.4) is 0 Å². The fourth-order valence-electron chi connectivity index (χ4n) is 4.45. The highest BCUT2D eigenvalue weighted by Gasteiger charge is 2.45. The van der Waals surface area contributed by atoms with Gasteiger partial charge in [-0.05, 0) is 42.8 Å². The minimum atomic E-state index is -0.992. The molecule has 34 heavy (non-hydrogen) atoms. The van der Waals surface area contributed by atoms with E-state index in [1.165, 1.54) is 6.20 Å². The Hall–Kier alpha value is -3.80. The van der Waals surface area contributed by atoms with Gasteiger partial charge in [0.25, 0.3) is 0 Å². The normalized spacial score (nSPS) is 21.8. The lowest BCUT2D eigenvalue weighted by Gasteiger charge is -2.39. The summed E-state index contributed by atoms with van der Waals surface area (Å²) in [5.74, 6) is 7.28. The molecule has 1 atom stereocenters. The van der Waals surface area contributed by atoms with Crippen LogP contribution in [0.5, 0.6) is 11.6 Å². The number of benzene rings is 1. The lowest BCUT2D eigenvalue weighted by Crippen LogP contribution is -2.42. The summed E-state index contributed by atoms with van der Waals surface area (Å²) in [7, 11) is 0. The largest absolute Gasteiger partial charge is 0.438 e. The first-order chi connectivity index (χ1) is 16.5. The van der Waals surface area contributed by atoms with E-state index < -0.39 is 11.5 Å². The van der Waals surface area contributed by atoms with Gasteiger partial charge in [0, 0.05) is 29.1 Å². The molecule has 7 nitrogen and oxygen atoms in total. The summed E-state index contributed by atoms with van der Waals surface area (Å²) in [6.07, 6.45) is 3.10. The van der Waals surface area contributed by atoms with Gasteiger partial charge < -0.3 is 19.9 Å². The molecular formula is C26H21FN4O3. The number of aromatic nitrogens is 2. The van der Waals surface area contributed by atoms with E-state index in [0.717, 1.165) is 11.1 Å². The molecule has 5 heterocycles. The Kier molecular flexibility index (Phi) is 4.66. The number of ether oxygens (including phenoxy) is 3. The van der Waals surface area contributed by atoms with Gasteiger partial charge in [0.05, 0.1) is 30.8 Å². The zero-order chi connectivity index (χ0) is 23.3. The number of amidine groups is 1. The van der Waals surface area contributed by atoms with Crippen LogP contribution in [0.1, 0.15) is 23.6 Å². The maximum absolute atomic E-state index is 14.5. The number of hydrogen-bond donors (Lipinski definition) is 1. The molecule has 0 saturated carbocycles. The summed E-state index contributed by atoms with van der Waals surface area (Å²) in [5, 5.41) is 0. The third-order valence-electron chi connectivity index (χ3n) is 6.24. The van der Waals surface area contributed by atoms with Gasteiger partial charge in [-0.15, -0.1) is 0 Å². The molecule has 2 aromatic heterocycles. The van der Waals surface area contributed by atoms with Crippen LogP contribution in [0, 0.1) is 23.2 Å². The highest BCUT2D eigenvalue weighted by Crippen LogP contribution is 2.50. The van der Waals surface area contributed by atoms with E-state index in [-0.39, 0.29) is 18.6 Å². The molecule has 3 aliphatic heterocycles. The summed E-state index contributed by atoms with van der Waals surface area (Å²) < 4.78 is 31.8. The summed E-state index contributed by atoms with van der Waals surface area (Å²) in [5.41, 5.74) is 8.19. The van der Waals surface area contributed by atoms with Crippen molar-refractivity contribution < 1.29 is 18.6 Å². The van der Waals surface area contributed by atoms with Crippen molar-refractivity contribution in [3.05, 3.63) is 71.4 Å². The van der Waals surface area contributed by atoms with Gasteiger partial charge in [0.15, 0.2) is 0 Å². The smallest absolute Gasteiger partial charge is 0.225 e. The van der Waals surface area contributed by atoms with Gasteiger partial charge in [-0.25, -0.2) is 9.97 Å². The third-order valence-corrected chi connectivity index (χ3v) is 6.24. The number of nitrogens with zero attached hydrogens (tertiary/aromatic N) is 3. The first-order valence-electron chi connectivity index (χ1n) is 10.9. The molecule has 0 aliphatic carbocycles. The maximum atomic E-state index is 14.5. The van der Waals surface area contributed by atoms with Gasteiger partial charge in [-0.2, -0.15) is 4.39 Å². The van der Waals surface area contributed by atoms with Crippen molar-refractivity contribution in [2.24, 2.45) is 16.1 Å². The van der Waals surface area contributed by atoms with Crippen LogP contribution < -0.4 is 10.5 Å². The Labute approximate surface area is 195 Å². The van der Waals surface area contributed by atoms with Gasteiger partial charge in [0.2, 0.25) is 11.8 Å².